The van der Waals surface area contributed by atoms with Crippen molar-refractivity contribution >= 4 is 11.0 Å². The molecule has 1 aromatic heterocycles. The van der Waals surface area contributed by atoms with Gasteiger partial charge in [0.15, 0.2) is 0 Å². The molecule has 0 atom stereocenters. The Labute approximate surface area is 162 Å². The number of nitrogens with zero attached hydrogens (tertiary/aromatic N) is 2. The lowest BCUT2D eigenvalue weighted by atomic mass is 9.95. The number of piperidine rings is 1. The van der Waals surface area contributed by atoms with Crippen LogP contribution in [-0.4, -0.2) is 42.5 Å². The van der Waals surface area contributed by atoms with Gasteiger partial charge in [0.25, 0.3) is 0 Å². The molecule has 0 radical (unpaired) electrons. The Bertz CT molecular complexity index is 813. The van der Waals surface area contributed by atoms with Gasteiger partial charge in [0.2, 0.25) is 0 Å². The lowest BCUT2D eigenvalue weighted by Gasteiger charge is -2.34. The summed E-state index contributed by atoms with van der Waals surface area (Å²) < 4.78 is 5.40. The molecule has 4 rings (SSSR count). The zero-order valence-corrected chi connectivity index (χ0v) is 16.6. The van der Waals surface area contributed by atoms with Crippen LogP contribution < -0.4 is 5.63 Å². The molecule has 2 aliphatic rings. The van der Waals surface area contributed by atoms with Crippen LogP contribution in [-0.2, 0) is 6.54 Å². The summed E-state index contributed by atoms with van der Waals surface area (Å²) in [6.45, 7) is 9.02. The van der Waals surface area contributed by atoms with Crippen LogP contribution in [0.1, 0.15) is 49.7 Å². The van der Waals surface area contributed by atoms with Crippen LogP contribution in [0.4, 0.5) is 0 Å². The standard InChI is InChI=1S/C23H32N2O2/c1-18-6-7-21-20(15-23(26)27-22(21)14-18)17-25-12-8-19(9-13-25)16-24-10-4-2-3-5-11-24/h6-7,14-15,19H,2-5,8-13,16-17H2,1H3. The second kappa shape index (κ2) is 8.57. The summed E-state index contributed by atoms with van der Waals surface area (Å²) >= 11 is 0. The van der Waals surface area contributed by atoms with Crippen LogP contribution in [0.15, 0.2) is 33.5 Å². The Kier molecular flexibility index (Phi) is 5.94. The van der Waals surface area contributed by atoms with Crippen molar-refractivity contribution in [3.8, 4) is 0 Å². The van der Waals surface area contributed by atoms with Gasteiger partial charge in [0, 0.05) is 24.5 Å². The van der Waals surface area contributed by atoms with Gasteiger partial charge >= 0.3 is 5.63 Å². The van der Waals surface area contributed by atoms with Gasteiger partial charge in [0.05, 0.1) is 0 Å². The number of fused-ring (bicyclic) bond motifs is 1. The van der Waals surface area contributed by atoms with E-state index in [1.165, 1.54) is 58.2 Å². The van der Waals surface area contributed by atoms with E-state index in [1.807, 2.05) is 13.0 Å². The number of hydrogen-bond donors (Lipinski definition) is 0. The molecule has 0 spiro atoms. The largest absolute Gasteiger partial charge is 0.423 e. The summed E-state index contributed by atoms with van der Waals surface area (Å²) in [6, 6.07) is 7.84. The van der Waals surface area contributed by atoms with Crippen molar-refractivity contribution in [2.75, 3.05) is 32.7 Å². The quantitative estimate of drug-likeness (QED) is 0.758. The number of rotatable bonds is 4. The number of aryl methyl sites for hydroxylation is 1. The maximum absolute atomic E-state index is 12.0. The van der Waals surface area contributed by atoms with E-state index in [9.17, 15) is 4.79 Å². The molecule has 146 valence electrons. The molecule has 4 heteroatoms. The van der Waals surface area contributed by atoms with E-state index < -0.39 is 0 Å². The van der Waals surface area contributed by atoms with Crippen molar-refractivity contribution in [3.05, 3.63) is 45.8 Å². The summed E-state index contributed by atoms with van der Waals surface area (Å²) in [4.78, 5) is 17.2. The van der Waals surface area contributed by atoms with E-state index >= 15 is 0 Å². The monoisotopic (exact) mass is 368 g/mol. The van der Waals surface area contributed by atoms with Gasteiger partial charge in [-0.05, 0) is 81.9 Å². The van der Waals surface area contributed by atoms with Gasteiger partial charge < -0.3 is 9.32 Å². The van der Waals surface area contributed by atoms with Crippen molar-refractivity contribution in [2.24, 2.45) is 5.92 Å². The van der Waals surface area contributed by atoms with Crippen molar-refractivity contribution in [3.63, 3.8) is 0 Å². The maximum atomic E-state index is 12.0. The predicted molar refractivity (Wildman–Crippen MR) is 110 cm³/mol. The smallest absolute Gasteiger partial charge is 0.336 e. The molecule has 27 heavy (non-hydrogen) atoms. The van der Waals surface area contributed by atoms with Gasteiger partial charge in [-0.15, -0.1) is 0 Å². The molecule has 2 aliphatic heterocycles. The van der Waals surface area contributed by atoms with Crippen LogP contribution in [0.3, 0.4) is 0 Å². The highest BCUT2D eigenvalue weighted by atomic mass is 16.4. The minimum Gasteiger partial charge on any atom is -0.423 e. The van der Waals surface area contributed by atoms with Gasteiger partial charge in [-0.25, -0.2) is 4.79 Å². The molecule has 4 nitrogen and oxygen atoms in total. The highest BCUT2D eigenvalue weighted by molar-refractivity contribution is 5.80. The number of hydrogen-bond acceptors (Lipinski definition) is 4. The van der Waals surface area contributed by atoms with Crippen LogP contribution in [0, 0.1) is 12.8 Å². The molecule has 0 unspecified atom stereocenters. The van der Waals surface area contributed by atoms with Crippen LogP contribution >= 0.6 is 0 Å². The van der Waals surface area contributed by atoms with Gasteiger partial charge in [-0.1, -0.05) is 25.0 Å². The Morgan fingerprint density at radius 3 is 2.44 bits per heavy atom. The Balaban J connectivity index is 1.36. The van der Waals surface area contributed by atoms with E-state index in [-0.39, 0.29) is 5.63 Å². The first kappa shape index (κ1) is 18.7. The molecule has 3 heterocycles. The molecular formula is C23H32N2O2. The molecule has 0 bridgehead atoms. The minimum atomic E-state index is -0.237. The van der Waals surface area contributed by atoms with E-state index in [4.69, 9.17) is 4.42 Å². The third-order valence-electron chi connectivity index (χ3n) is 6.30. The highest BCUT2D eigenvalue weighted by Gasteiger charge is 2.22. The Morgan fingerprint density at radius 2 is 1.70 bits per heavy atom. The first-order valence-corrected chi connectivity index (χ1v) is 10.7. The number of benzene rings is 1. The first-order valence-electron chi connectivity index (χ1n) is 10.7. The zero-order chi connectivity index (χ0) is 18.6. The van der Waals surface area contributed by atoms with Crippen molar-refractivity contribution in [1.82, 2.24) is 9.80 Å². The minimum absolute atomic E-state index is 0.237. The van der Waals surface area contributed by atoms with E-state index in [2.05, 4.69) is 21.9 Å². The molecule has 2 fully saturated rings. The SMILES string of the molecule is Cc1ccc2c(CN3CCC(CN4CCCCCC4)CC3)cc(=O)oc2c1. The van der Waals surface area contributed by atoms with E-state index in [0.717, 1.165) is 42.1 Å². The van der Waals surface area contributed by atoms with Crippen molar-refractivity contribution in [2.45, 2.75) is 52.0 Å². The Morgan fingerprint density at radius 1 is 0.963 bits per heavy atom. The second-order valence-electron chi connectivity index (χ2n) is 8.52. The highest BCUT2D eigenvalue weighted by Crippen LogP contribution is 2.24. The normalized spacial score (nSPS) is 20.8. The van der Waals surface area contributed by atoms with E-state index in [1.54, 1.807) is 6.07 Å². The topological polar surface area (TPSA) is 36.7 Å². The van der Waals surface area contributed by atoms with Crippen molar-refractivity contribution in [1.29, 1.82) is 0 Å². The molecule has 2 saturated heterocycles. The predicted octanol–water partition coefficient (Wildman–Crippen LogP) is 4.19. The fraction of sp³-hybridized carbons (Fsp3) is 0.609. The fourth-order valence-electron chi connectivity index (χ4n) is 4.72. The van der Waals surface area contributed by atoms with Crippen LogP contribution in [0.25, 0.3) is 11.0 Å². The van der Waals surface area contributed by atoms with Gasteiger partial charge in [-0.3, -0.25) is 4.90 Å². The molecule has 2 aromatic rings. The molecular weight excluding hydrogens is 336 g/mol. The third-order valence-corrected chi connectivity index (χ3v) is 6.30. The summed E-state index contributed by atoms with van der Waals surface area (Å²) in [5, 5.41) is 1.08. The molecule has 0 saturated carbocycles. The van der Waals surface area contributed by atoms with E-state index in [0.29, 0.717) is 5.58 Å². The van der Waals surface area contributed by atoms with Gasteiger partial charge in [-0.2, -0.15) is 0 Å². The third kappa shape index (κ3) is 4.80. The maximum Gasteiger partial charge on any atom is 0.336 e. The van der Waals surface area contributed by atoms with Crippen LogP contribution in [0.2, 0.25) is 0 Å². The van der Waals surface area contributed by atoms with Crippen molar-refractivity contribution < 1.29 is 4.42 Å². The molecule has 0 N–H and O–H groups in total. The lowest BCUT2D eigenvalue weighted by molar-refractivity contribution is 0.140. The average Bonchev–Trinajstić information content (AvgIpc) is 2.91. The van der Waals surface area contributed by atoms with Crippen LogP contribution in [0.5, 0.6) is 0 Å². The fourth-order valence-corrected chi connectivity index (χ4v) is 4.72. The summed E-state index contributed by atoms with van der Waals surface area (Å²) in [6.07, 6.45) is 8.12. The van der Waals surface area contributed by atoms with Gasteiger partial charge in [0.1, 0.15) is 5.58 Å². The average molecular weight is 369 g/mol. The lowest BCUT2D eigenvalue weighted by Crippen LogP contribution is -2.38. The Hall–Kier alpha value is -1.65. The summed E-state index contributed by atoms with van der Waals surface area (Å²) in [5.74, 6) is 0.833. The molecule has 0 aliphatic carbocycles. The molecule has 1 aromatic carbocycles. The summed E-state index contributed by atoms with van der Waals surface area (Å²) in [7, 11) is 0. The zero-order valence-electron chi connectivity index (χ0n) is 16.6. The first-order chi connectivity index (χ1) is 13.2. The second-order valence-corrected chi connectivity index (χ2v) is 8.52. The summed E-state index contributed by atoms with van der Waals surface area (Å²) in [5.41, 5.74) is 2.71. The molecule has 0 amide bonds. The number of likely N-dealkylation sites (tertiary alicyclic amines) is 2.